The van der Waals surface area contributed by atoms with Crippen molar-refractivity contribution < 1.29 is 5.11 Å². The third kappa shape index (κ3) is 3.20. The molecule has 2 N–H and O–H groups in total. The number of hydrogen-bond donors (Lipinski definition) is 2. The van der Waals surface area contributed by atoms with Gasteiger partial charge in [0.15, 0.2) is 0 Å². The lowest BCUT2D eigenvalue weighted by Gasteiger charge is -2.09. The molecule has 106 valence electrons. The van der Waals surface area contributed by atoms with Crippen molar-refractivity contribution in [1.82, 2.24) is 4.98 Å². The van der Waals surface area contributed by atoms with Crippen molar-refractivity contribution >= 4 is 16.6 Å². The molecule has 0 radical (unpaired) electrons. The Morgan fingerprint density at radius 2 is 1.90 bits per heavy atom. The van der Waals surface area contributed by atoms with Crippen molar-refractivity contribution in [3.63, 3.8) is 0 Å². The van der Waals surface area contributed by atoms with E-state index in [4.69, 9.17) is 5.11 Å². The van der Waals surface area contributed by atoms with Gasteiger partial charge in [0.05, 0.1) is 12.1 Å². The Labute approximate surface area is 124 Å². The van der Waals surface area contributed by atoms with E-state index in [9.17, 15) is 0 Å². The zero-order chi connectivity index (χ0) is 14.7. The highest BCUT2D eigenvalue weighted by molar-refractivity contribution is 5.79. The molecule has 0 saturated carbocycles. The van der Waals surface area contributed by atoms with Crippen LogP contribution >= 0.6 is 0 Å². The monoisotopic (exact) mass is 278 g/mol. The number of nitrogens with zero attached hydrogens (tertiary/aromatic N) is 1. The molecular formula is C18H18N2O. The van der Waals surface area contributed by atoms with Crippen LogP contribution in [0.1, 0.15) is 16.8 Å². The van der Waals surface area contributed by atoms with E-state index >= 15 is 0 Å². The fourth-order valence-electron chi connectivity index (χ4n) is 2.37. The lowest BCUT2D eigenvalue weighted by molar-refractivity contribution is 0.282. The second kappa shape index (κ2) is 5.94. The Balaban J connectivity index is 1.77. The topological polar surface area (TPSA) is 45.1 Å². The number of nitrogens with one attached hydrogen (secondary N) is 1. The number of aliphatic hydroxyl groups is 1. The number of rotatable bonds is 4. The first kappa shape index (κ1) is 13.6. The molecular weight excluding hydrogens is 260 g/mol. The average Bonchev–Trinajstić information content (AvgIpc) is 2.53. The summed E-state index contributed by atoms with van der Waals surface area (Å²) in [6.07, 6.45) is 0. The predicted molar refractivity (Wildman–Crippen MR) is 86.2 cm³/mol. The van der Waals surface area contributed by atoms with Gasteiger partial charge in [0.1, 0.15) is 0 Å². The number of pyridine rings is 1. The number of aromatic nitrogens is 1. The molecule has 3 nitrogen and oxygen atoms in total. The molecule has 0 amide bonds. The highest BCUT2D eigenvalue weighted by Crippen LogP contribution is 2.17. The molecule has 3 rings (SSSR count). The summed E-state index contributed by atoms with van der Waals surface area (Å²) >= 11 is 0. The summed E-state index contributed by atoms with van der Waals surface area (Å²) < 4.78 is 0. The van der Waals surface area contributed by atoms with E-state index in [0.29, 0.717) is 0 Å². The maximum Gasteiger partial charge on any atom is 0.0705 e. The summed E-state index contributed by atoms with van der Waals surface area (Å²) in [7, 11) is 0. The van der Waals surface area contributed by atoms with Gasteiger partial charge in [-0.3, -0.25) is 4.98 Å². The molecule has 0 fully saturated rings. The smallest absolute Gasteiger partial charge is 0.0705 e. The van der Waals surface area contributed by atoms with E-state index < -0.39 is 0 Å². The van der Waals surface area contributed by atoms with Crippen molar-refractivity contribution in [1.29, 1.82) is 0 Å². The van der Waals surface area contributed by atoms with Gasteiger partial charge in [-0.25, -0.2) is 0 Å². The second-order valence-electron chi connectivity index (χ2n) is 5.19. The van der Waals surface area contributed by atoms with Crippen LogP contribution in [0, 0.1) is 6.92 Å². The predicted octanol–water partition coefficient (Wildman–Crippen LogP) is 3.65. The molecule has 2 aromatic carbocycles. The van der Waals surface area contributed by atoms with Crippen LogP contribution in [-0.4, -0.2) is 10.1 Å². The number of aryl methyl sites for hydroxylation is 1. The first-order valence-corrected chi connectivity index (χ1v) is 7.04. The summed E-state index contributed by atoms with van der Waals surface area (Å²) in [5, 5.41) is 13.7. The van der Waals surface area contributed by atoms with Crippen molar-refractivity contribution in [2.24, 2.45) is 0 Å². The largest absolute Gasteiger partial charge is 0.392 e. The van der Waals surface area contributed by atoms with Crippen molar-refractivity contribution in [2.45, 2.75) is 20.1 Å². The number of hydrogen-bond acceptors (Lipinski definition) is 3. The van der Waals surface area contributed by atoms with Gasteiger partial charge >= 0.3 is 0 Å². The van der Waals surface area contributed by atoms with Crippen LogP contribution in [0.2, 0.25) is 0 Å². The Kier molecular flexibility index (Phi) is 3.84. The van der Waals surface area contributed by atoms with E-state index in [1.54, 1.807) is 0 Å². The second-order valence-corrected chi connectivity index (χ2v) is 5.19. The first-order chi connectivity index (χ1) is 10.2. The van der Waals surface area contributed by atoms with Gasteiger partial charge in [-0.15, -0.1) is 0 Å². The minimum absolute atomic E-state index is 0.0660. The van der Waals surface area contributed by atoms with Crippen molar-refractivity contribution in [2.75, 3.05) is 5.32 Å². The Morgan fingerprint density at radius 1 is 1.00 bits per heavy atom. The van der Waals surface area contributed by atoms with Gasteiger partial charge in [-0.05, 0) is 48.4 Å². The molecule has 0 spiro atoms. The summed E-state index contributed by atoms with van der Waals surface area (Å²) in [6.45, 7) is 2.82. The van der Waals surface area contributed by atoms with E-state index in [2.05, 4.69) is 34.6 Å². The zero-order valence-electron chi connectivity index (χ0n) is 12.0. The minimum Gasteiger partial charge on any atom is -0.392 e. The molecule has 21 heavy (non-hydrogen) atoms. The van der Waals surface area contributed by atoms with Crippen LogP contribution in [0.4, 0.5) is 5.69 Å². The SMILES string of the molecule is Cc1ccc2cc(CNc3cccc(CO)c3)ccc2n1. The Bertz CT molecular complexity index is 768. The number of aliphatic hydroxyl groups excluding tert-OH is 1. The molecule has 0 aliphatic heterocycles. The third-order valence-corrected chi connectivity index (χ3v) is 3.50. The van der Waals surface area contributed by atoms with Gasteiger partial charge < -0.3 is 10.4 Å². The van der Waals surface area contributed by atoms with Gasteiger partial charge in [-0.2, -0.15) is 0 Å². The summed E-state index contributed by atoms with van der Waals surface area (Å²) in [5.74, 6) is 0. The fourth-order valence-corrected chi connectivity index (χ4v) is 2.37. The molecule has 0 bridgehead atoms. The highest BCUT2D eigenvalue weighted by Gasteiger charge is 1.99. The number of anilines is 1. The van der Waals surface area contributed by atoms with Crippen molar-refractivity contribution in [3.05, 3.63) is 71.4 Å². The molecule has 1 heterocycles. The maximum atomic E-state index is 9.15. The summed E-state index contributed by atoms with van der Waals surface area (Å²) in [5.41, 5.74) is 5.21. The van der Waals surface area contributed by atoms with Gasteiger partial charge in [0, 0.05) is 23.3 Å². The third-order valence-electron chi connectivity index (χ3n) is 3.50. The lowest BCUT2D eigenvalue weighted by atomic mass is 10.1. The van der Waals surface area contributed by atoms with Crippen LogP contribution in [0.25, 0.3) is 10.9 Å². The summed E-state index contributed by atoms with van der Waals surface area (Å²) in [6, 6.07) is 18.3. The van der Waals surface area contributed by atoms with E-state index in [-0.39, 0.29) is 6.61 Å². The fraction of sp³-hybridized carbons (Fsp3) is 0.167. The van der Waals surface area contributed by atoms with Crippen LogP contribution in [0.3, 0.4) is 0 Å². The lowest BCUT2D eigenvalue weighted by Crippen LogP contribution is -2.00. The quantitative estimate of drug-likeness (QED) is 0.765. The van der Waals surface area contributed by atoms with E-state index in [1.807, 2.05) is 37.3 Å². The first-order valence-electron chi connectivity index (χ1n) is 7.04. The normalized spacial score (nSPS) is 10.8. The zero-order valence-corrected chi connectivity index (χ0v) is 12.0. The molecule has 3 aromatic rings. The Morgan fingerprint density at radius 3 is 2.76 bits per heavy atom. The van der Waals surface area contributed by atoms with Crippen molar-refractivity contribution in [3.8, 4) is 0 Å². The Hall–Kier alpha value is -2.39. The molecule has 1 aromatic heterocycles. The molecule has 0 saturated heterocycles. The molecule has 0 aliphatic carbocycles. The van der Waals surface area contributed by atoms with Gasteiger partial charge in [0.25, 0.3) is 0 Å². The van der Waals surface area contributed by atoms with Crippen LogP contribution < -0.4 is 5.32 Å². The summed E-state index contributed by atoms with van der Waals surface area (Å²) in [4.78, 5) is 4.51. The molecule has 3 heteroatoms. The van der Waals surface area contributed by atoms with E-state index in [0.717, 1.165) is 34.4 Å². The number of fused-ring (bicyclic) bond motifs is 1. The minimum atomic E-state index is 0.0660. The molecule has 0 unspecified atom stereocenters. The van der Waals surface area contributed by atoms with Crippen LogP contribution in [-0.2, 0) is 13.2 Å². The molecule has 0 aliphatic rings. The average molecular weight is 278 g/mol. The van der Waals surface area contributed by atoms with Crippen LogP contribution in [0.5, 0.6) is 0 Å². The number of benzene rings is 2. The maximum absolute atomic E-state index is 9.15. The highest BCUT2D eigenvalue weighted by atomic mass is 16.3. The van der Waals surface area contributed by atoms with E-state index in [1.165, 1.54) is 5.56 Å². The van der Waals surface area contributed by atoms with Gasteiger partial charge in [0.2, 0.25) is 0 Å². The van der Waals surface area contributed by atoms with Gasteiger partial charge in [-0.1, -0.05) is 24.3 Å². The standard InChI is InChI=1S/C18H18N2O/c1-13-5-7-16-9-14(6-8-18(16)20-13)11-19-17-4-2-3-15(10-17)12-21/h2-10,19,21H,11-12H2,1H3. The molecule has 0 atom stereocenters. The van der Waals surface area contributed by atoms with Crippen LogP contribution in [0.15, 0.2) is 54.6 Å².